The van der Waals surface area contributed by atoms with Gasteiger partial charge in [-0.05, 0) is 5.56 Å². The first kappa shape index (κ1) is 20.9. The summed E-state index contributed by atoms with van der Waals surface area (Å²) in [4.78, 5) is 38.6. The first-order valence-electron chi connectivity index (χ1n) is 9.14. The number of amides is 1. The molecule has 0 saturated heterocycles. The van der Waals surface area contributed by atoms with Crippen molar-refractivity contribution in [2.24, 2.45) is 0 Å². The van der Waals surface area contributed by atoms with Crippen molar-refractivity contribution >= 4 is 34.7 Å². The van der Waals surface area contributed by atoms with Gasteiger partial charge in [-0.3, -0.25) is 23.9 Å². The van der Waals surface area contributed by atoms with Crippen LogP contribution in [0, 0.1) is 17.5 Å². The van der Waals surface area contributed by atoms with Crippen molar-refractivity contribution in [3.05, 3.63) is 80.0 Å². The number of halogens is 3. The Morgan fingerprint density at radius 3 is 2.39 bits per heavy atom. The molecule has 0 fully saturated rings. The fourth-order valence-corrected chi connectivity index (χ4v) is 4.68. The standard InChI is InChI=1S/C21H15F3N2O4S/c1-30-17(28)10-25-20-19(31-21(25)29)13(11-5-3-2-4-6-11)9-16(27)26(20)12-7-14(22)18(24)15(23)8-12/h2-8,13H,9-10H2,1H3/t13-/m1/s1. The molecular weight excluding hydrogens is 433 g/mol. The molecule has 2 aromatic carbocycles. The van der Waals surface area contributed by atoms with Crippen molar-refractivity contribution in [1.29, 1.82) is 0 Å². The number of carbonyl (C=O) groups is 2. The molecule has 1 aliphatic rings. The predicted molar refractivity (Wildman–Crippen MR) is 107 cm³/mol. The predicted octanol–water partition coefficient (Wildman–Crippen LogP) is 3.70. The van der Waals surface area contributed by atoms with E-state index in [0.717, 1.165) is 33.5 Å². The minimum atomic E-state index is -1.67. The van der Waals surface area contributed by atoms with Gasteiger partial charge in [0.2, 0.25) is 5.91 Å². The minimum absolute atomic E-state index is 0.0101. The number of anilines is 2. The molecule has 0 bridgehead atoms. The highest BCUT2D eigenvalue weighted by Crippen LogP contribution is 2.45. The zero-order valence-corrected chi connectivity index (χ0v) is 16.9. The molecule has 3 aromatic rings. The molecule has 2 heterocycles. The lowest BCUT2D eigenvalue weighted by atomic mass is 9.90. The summed E-state index contributed by atoms with van der Waals surface area (Å²) in [5.41, 5.74) is 0.477. The molecule has 1 amide bonds. The highest BCUT2D eigenvalue weighted by molar-refractivity contribution is 7.10. The van der Waals surface area contributed by atoms with Gasteiger partial charge in [0, 0.05) is 24.5 Å². The van der Waals surface area contributed by atoms with Crippen molar-refractivity contribution in [2.75, 3.05) is 12.0 Å². The molecule has 1 atom stereocenters. The highest BCUT2D eigenvalue weighted by atomic mass is 32.1. The van der Waals surface area contributed by atoms with Crippen molar-refractivity contribution in [1.82, 2.24) is 4.57 Å². The van der Waals surface area contributed by atoms with E-state index in [1.807, 2.05) is 0 Å². The molecule has 0 unspecified atom stereocenters. The molecule has 0 spiro atoms. The van der Waals surface area contributed by atoms with Crippen LogP contribution in [0.15, 0.2) is 47.3 Å². The third-order valence-corrected chi connectivity index (χ3v) is 6.08. The highest BCUT2D eigenvalue weighted by Gasteiger charge is 2.39. The van der Waals surface area contributed by atoms with Gasteiger partial charge < -0.3 is 4.74 Å². The van der Waals surface area contributed by atoms with E-state index in [0.29, 0.717) is 17.0 Å². The zero-order valence-electron chi connectivity index (χ0n) is 16.1. The molecule has 0 saturated carbocycles. The van der Waals surface area contributed by atoms with Gasteiger partial charge in [-0.1, -0.05) is 41.7 Å². The van der Waals surface area contributed by atoms with Crippen LogP contribution in [0.25, 0.3) is 0 Å². The van der Waals surface area contributed by atoms with Gasteiger partial charge in [-0.2, -0.15) is 0 Å². The molecule has 1 aromatic heterocycles. The summed E-state index contributed by atoms with van der Waals surface area (Å²) in [5.74, 6) is -6.43. The summed E-state index contributed by atoms with van der Waals surface area (Å²) in [6, 6.07) is 10.3. The molecule has 1 aliphatic heterocycles. The lowest BCUT2D eigenvalue weighted by Gasteiger charge is -2.32. The number of carbonyl (C=O) groups excluding carboxylic acids is 2. The quantitative estimate of drug-likeness (QED) is 0.451. The van der Waals surface area contributed by atoms with E-state index in [4.69, 9.17) is 0 Å². The summed E-state index contributed by atoms with van der Waals surface area (Å²) >= 11 is 0.828. The summed E-state index contributed by atoms with van der Waals surface area (Å²) in [5, 5.41) is 0. The number of aromatic nitrogens is 1. The third kappa shape index (κ3) is 3.63. The van der Waals surface area contributed by atoms with Crippen LogP contribution in [0.5, 0.6) is 0 Å². The number of hydrogen-bond acceptors (Lipinski definition) is 5. The first-order chi connectivity index (χ1) is 14.8. The second kappa shape index (κ2) is 8.03. The summed E-state index contributed by atoms with van der Waals surface area (Å²) < 4.78 is 47.0. The number of nitrogens with zero attached hydrogens (tertiary/aromatic N) is 2. The normalized spacial score (nSPS) is 15.7. The number of methoxy groups -OCH3 is 1. The first-order valence-corrected chi connectivity index (χ1v) is 9.96. The molecule has 0 aliphatic carbocycles. The molecule has 6 nitrogen and oxygen atoms in total. The molecule has 0 radical (unpaired) electrons. The number of hydrogen-bond donors (Lipinski definition) is 0. The van der Waals surface area contributed by atoms with Gasteiger partial charge in [0.15, 0.2) is 17.5 Å². The lowest BCUT2D eigenvalue weighted by molar-refractivity contribution is -0.141. The van der Waals surface area contributed by atoms with Crippen LogP contribution in [0.3, 0.4) is 0 Å². The Bertz CT molecular complexity index is 1220. The summed E-state index contributed by atoms with van der Waals surface area (Å²) in [6.07, 6.45) is -0.0875. The molecule has 160 valence electrons. The number of benzene rings is 2. The van der Waals surface area contributed by atoms with E-state index in [1.165, 1.54) is 0 Å². The van der Waals surface area contributed by atoms with Gasteiger partial charge in [0.25, 0.3) is 0 Å². The van der Waals surface area contributed by atoms with Crippen LogP contribution in [-0.4, -0.2) is 23.6 Å². The average Bonchev–Trinajstić information content (AvgIpc) is 3.07. The van der Waals surface area contributed by atoms with Crippen LogP contribution in [0.4, 0.5) is 24.7 Å². The van der Waals surface area contributed by atoms with Gasteiger partial charge in [0.1, 0.15) is 12.4 Å². The topological polar surface area (TPSA) is 68.6 Å². The van der Waals surface area contributed by atoms with E-state index in [1.54, 1.807) is 30.3 Å². The third-order valence-electron chi connectivity index (χ3n) is 4.99. The molecule has 31 heavy (non-hydrogen) atoms. The summed E-state index contributed by atoms with van der Waals surface area (Å²) in [6.45, 7) is -0.501. The smallest absolute Gasteiger partial charge is 0.325 e. The maximum Gasteiger partial charge on any atom is 0.325 e. The number of rotatable bonds is 4. The largest absolute Gasteiger partial charge is 0.468 e. The van der Waals surface area contributed by atoms with Crippen LogP contribution in [0.1, 0.15) is 22.8 Å². The van der Waals surface area contributed by atoms with E-state index in [2.05, 4.69) is 4.74 Å². The fourth-order valence-electron chi connectivity index (χ4n) is 3.57. The van der Waals surface area contributed by atoms with E-state index >= 15 is 0 Å². The van der Waals surface area contributed by atoms with E-state index < -0.39 is 46.7 Å². The maximum absolute atomic E-state index is 13.9. The van der Waals surface area contributed by atoms with Crippen molar-refractivity contribution < 1.29 is 27.5 Å². The lowest BCUT2D eigenvalue weighted by Crippen LogP contribution is -2.36. The monoisotopic (exact) mass is 448 g/mol. The summed E-state index contributed by atoms with van der Waals surface area (Å²) in [7, 11) is 1.15. The van der Waals surface area contributed by atoms with Gasteiger partial charge in [0.05, 0.1) is 17.7 Å². The average molecular weight is 448 g/mol. The Kier molecular flexibility index (Phi) is 5.40. The van der Waals surface area contributed by atoms with E-state index in [9.17, 15) is 27.6 Å². The van der Waals surface area contributed by atoms with Crippen molar-refractivity contribution in [2.45, 2.75) is 18.9 Å². The number of thiazole rings is 1. The van der Waals surface area contributed by atoms with Gasteiger partial charge in [-0.15, -0.1) is 0 Å². The van der Waals surface area contributed by atoms with Crippen LogP contribution in [-0.2, 0) is 20.9 Å². The van der Waals surface area contributed by atoms with Crippen LogP contribution in [0.2, 0.25) is 0 Å². The molecular formula is C21H15F3N2O4S. The Hall–Kier alpha value is -3.40. The SMILES string of the molecule is COC(=O)Cn1c2c(sc1=O)[C@@H](c1ccccc1)CC(=O)N2c1cc(F)c(F)c(F)c1. The second-order valence-electron chi connectivity index (χ2n) is 6.84. The van der Waals surface area contributed by atoms with Gasteiger partial charge in [-0.25, -0.2) is 13.2 Å². The minimum Gasteiger partial charge on any atom is -0.468 e. The van der Waals surface area contributed by atoms with Crippen LogP contribution < -0.4 is 9.77 Å². The second-order valence-corrected chi connectivity index (χ2v) is 7.83. The zero-order chi connectivity index (χ0) is 22.3. The number of ether oxygens (including phenoxy) is 1. The maximum atomic E-state index is 13.9. The van der Waals surface area contributed by atoms with Gasteiger partial charge >= 0.3 is 10.8 Å². The van der Waals surface area contributed by atoms with Crippen molar-refractivity contribution in [3.8, 4) is 0 Å². The number of esters is 1. The van der Waals surface area contributed by atoms with Crippen LogP contribution >= 0.6 is 11.3 Å². The Labute approximate surface area is 178 Å². The number of fused-ring (bicyclic) bond motifs is 1. The Balaban J connectivity index is 1.95. The molecule has 0 N–H and O–H groups in total. The Morgan fingerprint density at radius 2 is 1.77 bits per heavy atom. The van der Waals surface area contributed by atoms with E-state index in [-0.39, 0.29) is 17.9 Å². The molecule has 4 rings (SSSR count). The van der Waals surface area contributed by atoms with Crippen molar-refractivity contribution in [3.63, 3.8) is 0 Å². The fraction of sp³-hybridized carbons (Fsp3) is 0.190. The Morgan fingerprint density at radius 1 is 1.13 bits per heavy atom. The molecule has 10 heteroatoms.